The number of nitrogens with zero attached hydrogens (tertiary/aromatic N) is 4. The minimum absolute atomic E-state index is 0.223. The quantitative estimate of drug-likeness (QED) is 0.402. The standard InChI is InChI=1S/C25H23FN4S/c26-23-8-2-1-7-21(23)22-14-28-25(19-5-3-10-27-13-19)29-24(22)20-6-4-11-30(16-20)15-18-9-12-31-17-18/h1-3,5,7-10,12-14,17,20H,4,6,11,15-16H2. The van der Waals surface area contributed by atoms with Crippen molar-refractivity contribution in [3.8, 4) is 22.5 Å². The van der Waals surface area contributed by atoms with E-state index in [-0.39, 0.29) is 11.7 Å². The van der Waals surface area contributed by atoms with Crippen LogP contribution in [-0.4, -0.2) is 32.9 Å². The predicted octanol–water partition coefficient (Wildman–Crippen LogP) is 5.79. The molecule has 0 aliphatic carbocycles. The van der Waals surface area contributed by atoms with Gasteiger partial charge in [-0.25, -0.2) is 14.4 Å². The van der Waals surface area contributed by atoms with Crippen molar-refractivity contribution in [2.45, 2.75) is 25.3 Å². The molecular weight excluding hydrogens is 407 g/mol. The van der Waals surface area contributed by atoms with Crippen LogP contribution in [-0.2, 0) is 6.54 Å². The van der Waals surface area contributed by atoms with Gasteiger partial charge >= 0.3 is 0 Å². The molecule has 156 valence electrons. The van der Waals surface area contributed by atoms with Gasteiger partial charge in [-0.15, -0.1) is 0 Å². The van der Waals surface area contributed by atoms with Crippen molar-refractivity contribution in [1.29, 1.82) is 0 Å². The number of aromatic nitrogens is 3. The predicted molar refractivity (Wildman–Crippen MR) is 122 cm³/mol. The molecule has 0 radical (unpaired) electrons. The largest absolute Gasteiger partial charge is 0.298 e. The van der Waals surface area contributed by atoms with Crippen molar-refractivity contribution in [2.75, 3.05) is 13.1 Å². The first-order valence-corrected chi connectivity index (χ1v) is 11.5. The Bertz CT molecular complexity index is 1150. The summed E-state index contributed by atoms with van der Waals surface area (Å²) in [6.45, 7) is 2.91. The van der Waals surface area contributed by atoms with E-state index in [0.717, 1.165) is 49.3 Å². The number of benzene rings is 1. The summed E-state index contributed by atoms with van der Waals surface area (Å²) >= 11 is 1.73. The second-order valence-corrected chi connectivity index (χ2v) is 8.70. The highest BCUT2D eigenvalue weighted by Gasteiger charge is 2.26. The van der Waals surface area contributed by atoms with E-state index in [0.29, 0.717) is 11.4 Å². The molecule has 0 spiro atoms. The van der Waals surface area contributed by atoms with Crippen molar-refractivity contribution in [1.82, 2.24) is 19.9 Å². The van der Waals surface area contributed by atoms with Crippen LogP contribution < -0.4 is 0 Å². The zero-order valence-electron chi connectivity index (χ0n) is 17.1. The minimum atomic E-state index is -0.243. The van der Waals surface area contributed by atoms with Crippen LogP contribution in [0.4, 0.5) is 4.39 Å². The Labute approximate surface area is 185 Å². The lowest BCUT2D eigenvalue weighted by molar-refractivity contribution is 0.199. The van der Waals surface area contributed by atoms with Gasteiger partial charge in [0.1, 0.15) is 5.82 Å². The Kier molecular flexibility index (Phi) is 5.82. The number of halogens is 1. The lowest BCUT2D eigenvalue weighted by atomic mass is 9.89. The van der Waals surface area contributed by atoms with Gasteiger partial charge in [0, 0.05) is 54.3 Å². The van der Waals surface area contributed by atoms with Gasteiger partial charge in [-0.1, -0.05) is 18.2 Å². The van der Waals surface area contributed by atoms with E-state index in [9.17, 15) is 4.39 Å². The number of pyridine rings is 1. The monoisotopic (exact) mass is 430 g/mol. The molecule has 1 fully saturated rings. The van der Waals surface area contributed by atoms with Crippen molar-refractivity contribution in [3.05, 3.63) is 88.9 Å². The molecular formula is C25H23FN4S. The first-order valence-electron chi connectivity index (χ1n) is 10.5. The molecule has 1 atom stereocenters. The molecule has 1 unspecified atom stereocenters. The molecule has 5 rings (SSSR count). The number of rotatable bonds is 5. The fourth-order valence-corrected chi connectivity index (χ4v) is 4.95. The normalized spacial score (nSPS) is 17.0. The van der Waals surface area contributed by atoms with Gasteiger partial charge in [0.15, 0.2) is 5.82 Å². The van der Waals surface area contributed by atoms with Crippen molar-refractivity contribution in [2.24, 2.45) is 0 Å². The highest BCUT2D eigenvalue weighted by atomic mass is 32.1. The Morgan fingerprint density at radius 2 is 2.00 bits per heavy atom. The van der Waals surface area contributed by atoms with Crippen molar-refractivity contribution in [3.63, 3.8) is 0 Å². The van der Waals surface area contributed by atoms with Gasteiger partial charge in [-0.05, 0) is 60.0 Å². The lowest BCUT2D eigenvalue weighted by Gasteiger charge is -2.33. The first kappa shape index (κ1) is 20.0. The molecule has 1 aliphatic rings. The van der Waals surface area contributed by atoms with Gasteiger partial charge in [0.05, 0.1) is 5.69 Å². The van der Waals surface area contributed by atoms with E-state index in [4.69, 9.17) is 4.98 Å². The van der Waals surface area contributed by atoms with Crippen molar-refractivity contribution < 1.29 is 4.39 Å². The minimum Gasteiger partial charge on any atom is -0.298 e. The van der Waals surface area contributed by atoms with Crippen LogP contribution in [0.25, 0.3) is 22.5 Å². The fourth-order valence-electron chi connectivity index (χ4n) is 4.29. The highest BCUT2D eigenvalue weighted by molar-refractivity contribution is 7.07. The molecule has 1 aliphatic heterocycles. The molecule has 1 aromatic carbocycles. The summed E-state index contributed by atoms with van der Waals surface area (Å²) in [6, 6.07) is 12.9. The van der Waals surface area contributed by atoms with E-state index in [1.807, 2.05) is 24.3 Å². The average Bonchev–Trinajstić information content (AvgIpc) is 3.33. The first-order chi connectivity index (χ1) is 15.3. The summed E-state index contributed by atoms with van der Waals surface area (Å²) < 4.78 is 14.7. The van der Waals surface area contributed by atoms with E-state index < -0.39 is 0 Å². The molecule has 6 heteroatoms. The number of likely N-dealkylation sites (tertiary alicyclic amines) is 1. The maximum Gasteiger partial charge on any atom is 0.160 e. The Morgan fingerprint density at radius 1 is 1.06 bits per heavy atom. The third kappa shape index (κ3) is 4.40. The SMILES string of the molecule is Fc1ccccc1-c1cnc(-c2cccnc2)nc1C1CCCN(Cc2ccsc2)C1. The van der Waals surface area contributed by atoms with Crippen LogP contribution in [0.1, 0.15) is 30.0 Å². The molecule has 0 bridgehead atoms. The van der Waals surface area contributed by atoms with Crippen LogP contribution in [0, 0.1) is 5.82 Å². The van der Waals surface area contributed by atoms with Crippen LogP contribution in [0.3, 0.4) is 0 Å². The number of piperidine rings is 1. The van der Waals surface area contributed by atoms with Gasteiger partial charge in [-0.2, -0.15) is 11.3 Å². The topological polar surface area (TPSA) is 41.9 Å². The summed E-state index contributed by atoms with van der Waals surface area (Å²) in [4.78, 5) is 16.2. The zero-order valence-corrected chi connectivity index (χ0v) is 17.9. The lowest BCUT2D eigenvalue weighted by Crippen LogP contribution is -2.34. The van der Waals surface area contributed by atoms with Crippen molar-refractivity contribution >= 4 is 11.3 Å². The van der Waals surface area contributed by atoms with Gasteiger partial charge < -0.3 is 0 Å². The zero-order chi connectivity index (χ0) is 21.0. The number of thiophene rings is 1. The molecule has 4 nitrogen and oxygen atoms in total. The molecule has 0 amide bonds. The van der Waals surface area contributed by atoms with E-state index in [2.05, 4.69) is 31.7 Å². The smallest absolute Gasteiger partial charge is 0.160 e. The highest BCUT2D eigenvalue weighted by Crippen LogP contribution is 2.35. The van der Waals surface area contributed by atoms with Gasteiger partial charge in [0.2, 0.25) is 0 Å². The molecule has 4 aromatic rings. The second-order valence-electron chi connectivity index (χ2n) is 7.92. The van der Waals surface area contributed by atoms with Gasteiger partial charge in [-0.3, -0.25) is 9.88 Å². The molecule has 4 heterocycles. The van der Waals surface area contributed by atoms with E-state index in [1.165, 1.54) is 11.6 Å². The van der Waals surface area contributed by atoms with Gasteiger partial charge in [0.25, 0.3) is 0 Å². The average molecular weight is 431 g/mol. The third-order valence-corrected chi connectivity index (χ3v) is 6.51. The molecule has 3 aromatic heterocycles. The summed E-state index contributed by atoms with van der Waals surface area (Å²) in [7, 11) is 0. The molecule has 0 saturated carbocycles. The second kappa shape index (κ2) is 9.04. The molecule has 1 saturated heterocycles. The summed E-state index contributed by atoms with van der Waals surface area (Å²) in [5, 5.41) is 4.33. The summed E-state index contributed by atoms with van der Waals surface area (Å²) in [5.74, 6) is 0.617. The molecule has 0 N–H and O–H groups in total. The van der Waals surface area contributed by atoms with Crippen LogP contribution in [0.15, 0.2) is 71.8 Å². The van der Waals surface area contributed by atoms with Crippen LogP contribution in [0.5, 0.6) is 0 Å². The van der Waals surface area contributed by atoms with E-state index in [1.54, 1.807) is 36.0 Å². The Morgan fingerprint density at radius 3 is 2.81 bits per heavy atom. The fraction of sp³-hybridized carbons (Fsp3) is 0.240. The number of hydrogen-bond acceptors (Lipinski definition) is 5. The Balaban J connectivity index is 1.53. The third-order valence-electron chi connectivity index (χ3n) is 5.78. The number of hydrogen-bond donors (Lipinski definition) is 0. The maximum atomic E-state index is 14.7. The maximum absolute atomic E-state index is 14.7. The molecule has 31 heavy (non-hydrogen) atoms. The summed E-state index contributed by atoms with van der Waals surface area (Å²) in [5.41, 5.74) is 4.49. The Hall–Kier alpha value is -2.96. The van der Waals surface area contributed by atoms with Crippen LogP contribution in [0.2, 0.25) is 0 Å². The van der Waals surface area contributed by atoms with E-state index >= 15 is 0 Å². The van der Waals surface area contributed by atoms with Crippen LogP contribution >= 0.6 is 11.3 Å². The summed E-state index contributed by atoms with van der Waals surface area (Å²) in [6.07, 6.45) is 7.41.